The standard InChI is InChI=1S/C15H26N4O2/c1-10-15(11(2)18-17-10)16-14(21)9-19(3)8-12-6-4-5-7-13(12)20/h12-13,20H,4-9H2,1-3H3,(H,16,21)(H,17,18). The molecule has 2 rings (SSSR count). The minimum absolute atomic E-state index is 0.0459. The van der Waals surface area contributed by atoms with Gasteiger partial charge in [-0.1, -0.05) is 12.8 Å². The zero-order chi connectivity index (χ0) is 15.4. The van der Waals surface area contributed by atoms with Crippen molar-refractivity contribution >= 4 is 11.6 Å². The van der Waals surface area contributed by atoms with Gasteiger partial charge in [-0.3, -0.25) is 14.8 Å². The lowest BCUT2D eigenvalue weighted by Crippen LogP contribution is -2.38. The molecule has 118 valence electrons. The number of aromatic nitrogens is 2. The topological polar surface area (TPSA) is 81.2 Å². The van der Waals surface area contributed by atoms with Gasteiger partial charge >= 0.3 is 0 Å². The van der Waals surface area contributed by atoms with Crippen LogP contribution in [0.15, 0.2) is 0 Å². The Morgan fingerprint density at radius 2 is 2.14 bits per heavy atom. The van der Waals surface area contributed by atoms with E-state index in [9.17, 15) is 9.90 Å². The Bertz CT molecular complexity index is 467. The second-order valence-electron chi connectivity index (χ2n) is 6.17. The molecule has 0 spiro atoms. The predicted octanol–water partition coefficient (Wildman–Crippen LogP) is 1.45. The summed E-state index contributed by atoms with van der Waals surface area (Å²) in [5.74, 6) is 0.240. The Morgan fingerprint density at radius 1 is 1.43 bits per heavy atom. The molecule has 6 nitrogen and oxygen atoms in total. The summed E-state index contributed by atoms with van der Waals surface area (Å²) in [5, 5.41) is 19.8. The predicted molar refractivity (Wildman–Crippen MR) is 82.2 cm³/mol. The number of nitrogens with zero attached hydrogens (tertiary/aromatic N) is 2. The maximum atomic E-state index is 12.1. The molecule has 0 aromatic carbocycles. The third kappa shape index (κ3) is 4.28. The van der Waals surface area contributed by atoms with Crippen LogP contribution in [0.1, 0.15) is 37.1 Å². The smallest absolute Gasteiger partial charge is 0.238 e. The molecule has 3 N–H and O–H groups in total. The number of carbonyl (C=O) groups excluding carboxylic acids is 1. The van der Waals surface area contributed by atoms with Crippen LogP contribution in [0.5, 0.6) is 0 Å². The molecule has 1 aromatic rings. The van der Waals surface area contributed by atoms with Crippen molar-refractivity contribution in [2.75, 3.05) is 25.5 Å². The summed E-state index contributed by atoms with van der Waals surface area (Å²) >= 11 is 0. The van der Waals surface area contributed by atoms with Gasteiger partial charge in [-0.05, 0) is 39.7 Å². The van der Waals surface area contributed by atoms with E-state index in [1.807, 2.05) is 25.8 Å². The van der Waals surface area contributed by atoms with E-state index in [0.29, 0.717) is 6.54 Å². The van der Waals surface area contributed by atoms with Crippen molar-refractivity contribution in [2.24, 2.45) is 5.92 Å². The molecular weight excluding hydrogens is 268 g/mol. The van der Waals surface area contributed by atoms with E-state index in [4.69, 9.17) is 0 Å². The SMILES string of the molecule is Cc1n[nH]c(C)c1NC(=O)CN(C)CC1CCCCC1O. The first-order valence-corrected chi connectivity index (χ1v) is 7.65. The number of H-pyrrole nitrogens is 1. The number of amides is 1. The van der Waals surface area contributed by atoms with Crippen molar-refractivity contribution in [1.82, 2.24) is 15.1 Å². The summed E-state index contributed by atoms with van der Waals surface area (Å²) in [4.78, 5) is 14.1. The van der Waals surface area contributed by atoms with Gasteiger partial charge in [0, 0.05) is 6.54 Å². The number of hydrogen-bond acceptors (Lipinski definition) is 4. The van der Waals surface area contributed by atoms with Crippen LogP contribution < -0.4 is 5.32 Å². The number of anilines is 1. The minimum atomic E-state index is -0.220. The Balaban J connectivity index is 1.82. The van der Waals surface area contributed by atoms with Gasteiger partial charge in [-0.15, -0.1) is 0 Å². The van der Waals surface area contributed by atoms with Gasteiger partial charge in [0.05, 0.1) is 29.7 Å². The molecule has 1 amide bonds. The summed E-state index contributed by atoms with van der Waals surface area (Å²) < 4.78 is 0. The van der Waals surface area contributed by atoms with Crippen molar-refractivity contribution in [1.29, 1.82) is 0 Å². The lowest BCUT2D eigenvalue weighted by atomic mass is 9.86. The molecular formula is C15H26N4O2. The number of nitrogens with one attached hydrogen (secondary N) is 2. The quantitative estimate of drug-likeness (QED) is 0.767. The van der Waals surface area contributed by atoms with Crippen LogP contribution in [-0.4, -0.2) is 52.4 Å². The van der Waals surface area contributed by atoms with Gasteiger partial charge < -0.3 is 10.4 Å². The van der Waals surface area contributed by atoms with E-state index in [0.717, 1.165) is 42.9 Å². The lowest BCUT2D eigenvalue weighted by molar-refractivity contribution is -0.117. The average molecular weight is 294 g/mol. The van der Waals surface area contributed by atoms with Crippen molar-refractivity contribution in [3.05, 3.63) is 11.4 Å². The van der Waals surface area contributed by atoms with Gasteiger partial charge in [-0.2, -0.15) is 5.10 Å². The first kappa shape index (κ1) is 16.0. The fourth-order valence-electron chi connectivity index (χ4n) is 3.03. The molecule has 2 atom stereocenters. The first-order chi connectivity index (χ1) is 9.97. The summed E-state index contributed by atoms with van der Waals surface area (Å²) in [6, 6.07) is 0. The van der Waals surface area contributed by atoms with Crippen LogP contribution in [0.3, 0.4) is 0 Å². The number of aromatic amines is 1. The number of aliphatic hydroxyl groups is 1. The van der Waals surface area contributed by atoms with Crippen LogP contribution >= 0.6 is 0 Å². The summed E-state index contributed by atoms with van der Waals surface area (Å²) in [6.07, 6.45) is 4.00. The summed E-state index contributed by atoms with van der Waals surface area (Å²) in [5.41, 5.74) is 2.43. The molecule has 1 aliphatic rings. The maximum absolute atomic E-state index is 12.1. The van der Waals surface area contributed by atoms with E-state index >= 15 is 0 Å². The van der Waals surface area contributed by atoms with Gasteiger partial charge in [0.25, 0.3) is 0 Å². The minimum Gasteiger partial charge on any atom is -0.393 e. The molecule has 21 heavy (non-hydrogen) atoms. The molecule has 1 saturated carbocycles. The monoisotopic (exact) mass is 294 g/mol. The number of carbonyl (C=O) groups is 1. The zero-order valence-electron chi connectivity index (χ0n) is 13.1. The highest BCUT2D eigenvalue weighted by atomic mass is 16.3. The fraction of sp³-hybridized carbons (Fsp3) is 0.733. The Kier molecular flexibility index (Phi) is 5.36. The third-order valence-electron chi connectivity index (χ3n) is 4.22. The zero-order valence-corrected chi connectivity index (χ0v) is 13.1. The van der Waals surface area contributed by atoms with E-state index in [1.165, 1.54) is 6.42 Å². The Morgan fingerprint density at radius 3 is 2.76 bits per heavy atom. The summed E-state index contributed by atoms with van der Waals surface area (Å²) in [6.45, 7) is 4.84. The van der Waals surface area contributed by atoms with E-state index in [1.54, 1.807) is 0 Å². The highest BCUT2D eigenvalue weighted by Gasteiger charge is 2.24. The fourth-order valence-corrected chi connectivity index (χ4v) is 3.03. The second kappa shape index (κ2) is 7.04. The van der Waals surface area contributed by atoms with Crippen LogP contribution in [0.2, 0.25) is 0 Å². The number of aliphatic hydroxyl groups excluding tert-OH is 1. The van der Waals surface area contributed by atoms with Crippen molar-refractivity contribution in [3.63, 3.8) is 0 Å². The first-order valence-electron chi connectivity index (χ1n) is 7.65. The number of likely N-dealkylation sites (N-methyl/N-ethyl adjacent to an activating group) is 1. The van der Waals surface area contributed by atoms with Crippen molar-refractivity contribution in [2.45, 2.75) is 45.6 Å². The largest absolute Gasteiger partial charge is 0.393 e. The molecule has 0 aliphatic heterocycles. The summed E-state index contributed by atoms with van der Waals surface area (Å²) in [7, 11) is 1.93. The molecule has 1 aliphatic carbocycles. The molecule has 0 bridgehead atoms. The van der Waals surface area contributed by atoms with E-state index in [2.05, 4.69) is 15.5 Å². The van der Waals surface area contributed by atoms with Gasteiger partial charge in [-0.25, -0.2) is 0 Å². The van der Waals surface area contributed by atoms with Crippen LogP contribution in [0, 0.1) is 19.8 Å². The van der Waals surface area contributed by atoms with E-state index in [-0.39, 0.29) is 17.9 Å². The highest BCUT2D eigenvalue weighted by molar-refractivity contribution is 5.93. The normalized spacial score (nSPS) is 22.5. The van der Waals surface area contributed by atoms with Crippen LogP contribution in [0.25, 0.3) is 0 Å². The Hall–Kier alpha value is -1.40. The maximum Gasteiger partial charge on any atom is 0.238 e. The molecule has 0 saturated heterocycles. The Labute approximate surface area is 125 Å². The van der Waals surface area contributed by atoms with E-state index < -0.39 is 0 Å². The highest BCUT2D eigenvalue weighted by Crippen LogP contribution is 2.24. The molecule has 1 heterocycles. The number of hydrogen-bond donors (Lipinski definition) is 3. The molecule has 1 fully saturated rings. The number of aryl methyl sites for hydroxylation is 2. The number of rotatable bonds is 5. The molecule has 1 aromatic heterocycles. The molecule has 2 unspecified atom stereocenters. The van der Waals surface area contributed by atoms with Crippen molar-refractivity contribution < 1.29 is 9.90 Å². The van der Waals surface area contributed by atoms with Crippen LogP contribution in [-0.2, 0) is 4.79 Å². The van der Waals surface area contributed by atoms with Gasteiger partial charge in [0.1, 0.15) is 0 Å². The average Bonchev–Trinajstić information content (AvgIpc) is 2.73. The van der Waals surface area contributed by atoms with Gasteiger partial charge in [0.15, 0.2) is 0 Å². The lowest BCUT2D eigenvalue weighted by Gasteiger charge is -2.30. The molecule has 6 heteroatoms. The van der Waals surface area contributed by atoms with Crippen LogP contribution in [0.4, 0.5) is 5.69 Å². The molecule has 0 radical (unpaired) electrons. The van der Waals surface area contributed by atoms with Crippen molar-refractivity contribution in [3.8, 4) is 0 Å². The second-order valence-corrected chi connectivity index (χ2v) is 6.17. The third-order valence-corrected chi connectivity index (χ3v) is 4.22. The van der Waals surface area contributed by atoms with Gasteiger partial charge in [0.2, 0.25) is 5.91 Å².